The average Bonchev–Trinajstić information content (AvgIpc) is 2.72. The van der Waals surface area contributed by atoms with Crippen molar-refractivity contribution in [1.29, 1.82) is 0 Å². The molecule has 0 spiro atoms. The molecule has 8 heteroatoms. The zero-order valence-electron chi connectivity index (χ0n) is 17.4. The zero-order valence-corrected chi connectivity index (χ0v) is 18.2. The van der Waals surface area contributed by atoms with Crippen molar-refractivity contribution in [2.45, 2.75) is 31.7 Å². The fourth-order valence-corrected chi connectivity index (χ4v) is 5.56. The maximum Gasteiger partial charge on any atom is 0.248 e. The molecule has 2 heterocycles. The number of H-pyrrole nitrogens is 1. The van der Waals surface area contributed by atoms with Gasteiger partial charge < -0.3 is 14.5 Å². The van der Waals surface area contributed by atoms with E-state index in [0.717, 1.165) is 27.6 Å². The average molecular weight is 429 g/mol. The number of benzene rings is 2. The minimum absolute atomic E-state index is 0.198. The van der Waals surface area contributed by atoms with Gasteiger partial charge in [0.2, 0.25) is 15.6 Å². The number of fused-ring (bicyclic) bond motifs is 2. The Morgan fingerprint density at radius 3 is 2.27 bits per heavy atom. The van der Waals surface area contributed by atoms with Gasteiger partial charge in [-0.25, -0.2) is 8.42 Å². The number of aromatic nitrogens is 1. The van der Waals surface area contributed by atoms with Crippen LogP contribution in [0.3, 0.4) is 0 Å². The first kappa shape index (κ1) is 20.4. The number of nitrogens with zero attached hydrogens (tertiary/aromatic N) is 1. The highest BCUT2D eigenvalue weighted by Gasteiger charge is 2.30. The summed E-state index contributed by atoms with van der Waals surface area (Å²) in [4.78, 5) is 14.8. The minimum atomic E-state index is -3.71. The Hall–Kier alpha value is -2.84. The van der Waals surface area contributed by atoms with Crippen LogP contribution >= 0.6 is 0 Å². The minimum Gasteiger partial charge on any atom is -0.493 e. The molecule has 1 aliphatic heterocycles. The monoisotopic (exact) mass is 428 g/mol. The molecule has 7 nitrogen and oxygen atoms in total. The van der Waals surface area contributed by atoms with Crippen LogP contribution in [-0.4, -0.2) is 38.5 Å². The molecule has 0 saturated heterocycles. The maximum absolute atomic E-state index is 13.4. The van der Waals surface area contributed by atoms with Gasteiger partial charge in [-0.1, -0.05) is 0 Å². The van der Waals surface area contributed by atoms with Gasteiger partial charge in [0.05, 0.1) is 24.6 Å². The summed E-state index contributed by atoms with van der Waals surface area (Å²) in [5.41, 5.74) is 3.89. The lowest BCUT2D eigenvalue weighted by molar-refractivity contribution is 0.348. The predicted octanol–water partition coefficient (Wildman–Crippen LogP) is 2.91. The summed E-state index contributed by atoms with van der Waals surface area (Å²) in [6.45, 7) is 4.26. The lowest BCUT2D eigenvalue weighted by Crippen LogP contribution is -2.36. The van der Waals surface area contributed by atoms with E-state index >= 15 is 0 Å². The summed E-state index contributed by atoms with van der Waals surface area (Å²) >= 11 is 0. The SMILES string of the molecule is COc1cc2c(cc1OC)CN(S(=O)(=O)c1cc(C)c3[nH]c(=O)cc(C)c3c1)CC2. The standard InChI is InChI=1S/C22H24N2O5S/c1-13-8-21(25)23-22-14(2)7-17(11-18(13)22)30(26,27)24-6-5-15-9-19(28-3)20(29-4)10-16(15)12-24/h7-11H,5-6,12H2,1-4H3,(H,23,25). The molecule has 30 heavy (non-hydrogen) atoms. The highest BCUT2D eigenvalue weighted by molar-refractivity contribution is 7.89. The molecule has 0 radical (unpaired) electrons. The van der Waals surface area contributed by atoms with Crippen molar-refractivity contribution in [3.8, 4) is 11.5 Å². The van der Waals surface area contributed by atoms with Crippen molar-refractivity contribution in [1.82, 2.24) is 9.29 Å². The second-order valence-corrected chi connectivity index (χ2v) is 9.48. The van der Waals surface area contributed by atoms with Gasteiger partial charge in [-0.05, 0) is 66.8 Å². The van der Waals surface area contributed by atoms with E-state index in [1.54, 1.807) is 33.3 Å². The third-order valence-corrected chi connectivity index (χ3v) is 7.47. The lowest BCUT2D eigenvalue weighted by Gasteiger charge is -2.29. The van der Waals surface area contributed by atoms with E-state index in [4.69, 9.17) is 9.47 Å². The number of hydrogen-bond donors (Lipinski definition) is 1. The first-order valence-corrected chi connectivity index (χ1v) is 11.1. The summed E-state index contributed by atoms with van der Waals surface area (Å²) in [5, 5.41) is 0.733. The van der Waals surface area contributed by atoms with E-state index in [1.807, 2.05) is 19.1 Å². The summed E-state index contributed by atoms with van der Waals surface area (Å²) in [5.74, 6) is 1.22. The topological polar surface area (TPSA) is 88.7 Å². The molecule has 1 N–H and O–H groups in total. The van der Waals surface area contributed by atoms with E-state index in [2.05, 4.69) is 4.98 Å². The third-order valence-electron chi connectivity index (χ3n) is 5.65. The quantitative estimate of drug-likeness (QED) is 0.690. The van der Waals surface area contributed by atoms with Crippen LogP contribution in [0.2, 0.25) is 0 Å². The number of rotatable bonds is 4. The number of aryl methyl sites for hydroxylation is 2. The van der Waals surface area contributed by atoms with E-state index < -0.39 is 10.0 Å². The summed E-state index contributed by atoms with van der Waals surface area (Å²) in [6, 6.07) is 8.51. The predicted molar refractivity (Wildman–Crippen MR) is 115 cm³/mol. The summed E-state index contributed by atoms with van der Waals surface area (Å²) < 4.78 is 39.1. The van der Waals surface area contributed by atoms with E-state index in [0.29, 0.717) is 30.0 Å². The number of methoxy groups -OCH3 is 2. The third kappa shape index (κ3) is 3.36. The normalized spacial score (nSPS) is 14.5. The van der Waals surface area contributed by atoms with Crippen molar-refractivity contribution in [3.05, 3.63) is 62.9 Å². The Labute approximate surface area is 175 Å². The van der Waals surface area contributed by atoms with Crippen molar-refractivity contribution in [2.75, 3.05) is 20.8 Å². The number of sulfonamides is 1. The van der Waals surface area contributed by atoms with Gasteiger partial charge in [-0.3, -0.25) is 4.79 Å². The molecule has 0 aliphatic carbocycles. The van der Waals surface area contributed by atoms with Crippen LogP contribution in [0.25, 0.3) is 10.9 Å². The summed E-state index contributed by atoms with van der Waals surface area (Å²) in [6.07, 6.45) is 0.591. The summed E-state index contributed by atoms with van der Waals surface area (Å²) in [7, 11) is -0.566. The molecule has 0 fully saturated rings. The Balaban J connectivity index is 1.76. The van der Waals surface area contributed by atoms with Crippen LogP contribution in [0.1, 0.15) is 22.3 Å². The van der Waals surface area contributed by atoms with Crippen molar-refractivity contribution < 1.29 is 17.9 Å². The van der Waals surface area contributed by atoms with Crippen LogP contribution in [0.4, 0.5) is 0 Å². The highest BCUT2D eigenvalue weighted by atomic mass is 32.2. The van der Waals surface area contributed by atoms with Crippen LogP contribution in [0.15, 0.2) is 40.0 Å². The van der Waals surface area contributed by atoms with Gasteiger partial charge in [0.15, 0.2) is 11.5 Å². The van der Waals surface area contributed by atoms with Gasteiger partial charge >= 0.3 is 0 Å². The highest BCUT2D eigenvalue weighted by Crippen LogP contribution is 2.35. The molecule has 1 aromatic heterocycles. The second-order valence-electron chi connectivity index (χ2n) is 7.54. The van der Waals surface area contributed by atoms with Crippen molar-refractivity contribution in [2.24, 2.45) is 0 Å². The molecule has 3 aromatic rings. The zero-order chi connectivity index (χ0) is 21.6. The van der Waals surface area contributed by atoms with Gasteiger partial charge in [-0.2, -0.15) is 4.31 Å². The lowest BCUT2D eigenvalue weighted by atomic mass is 10.0. The van der Waals surface area contributed by atoms with Gasteiger partial charge in [0.25, 0.3) is 0 Å². The first-order valence-electron chi connectivity index (χ1n) is 9.63. The van der Waals surface area contributed by atoms with Gasteiger partial charge in [0.1, 0.15) is 0 Å². The Morgan fingerprint density at radius 1 is 0.933 bits per heavy atom. The Bertz CT molecular complexity index is 1310. The Kier molecular flexibility index (Phi) is 5.07. The number of aromatic amines is 1. The van der Waals surface area contributed by atoms with Crippen molar-refractivity contribution >= 4 is 20.9 Å². The molecular weight excluding hydrogens is 404 g/mol. The molecule has 158 valence electrons. The van der Waals surface area contributed by atoms with E-state index in [-0.39, 0.29) is 17.0 Å². The maximum atomic E-state index is 13.4. The fraction of sp³-hybridized carbons (Fsp3) is 0.318. The number of nitrogens with one attached hydrogen (secondary N) is 1. The molecule has 0 saturated carbocycles. The molecule has 0 amide bonds. The first-order chi connectivity index (χ1) is 14.2. The van der Waals surface area contributed by atoms with Crippen molar-refractivity contribution in [3.63, 3.8) is 0 Å². The fourth-order valence-electron chi connectivity index (χ4n) is 4.03. The largest absolute Gasteiger partial charge is 0.493 e. The molecular formula is C22H24N2O5S. The molecule has 0 unspecified atom stereocenters. The smallest absolute Gasteiger partial charge is 0.248 e. The van der Waals surface area contributed by atoms with Crippen LogP contribution in [0, 0.1) is 13.8 Å². The molecule has 0 atom stereocenters. The number of hydrogen-bond acceptors (Lipinski definition) is 5. The van der Waals surface area contributed by atoms with E-state index in [1.165, 1.54) is 10.4 Å². The van der Waals surface area contributed by atoms with Gasteiger partial charge in [-0.15, -0.1) is 0 Å². The number of pyridine rings is 1. The van der Waals surface area contributed by atoms with Crippen LogP contribution < -0.4 is 15.0 Å². The molecule has 0 bridgehead atoms. The molecule has 2 aromatic carbocycles. The Morgan fingerprint density at radius 2 is 1.60 bits per heavy atom. The molecule has 4 rings (SSSR count). The second kappa shape index (κ2) is 7.45. The van der Waals surface area contributed by atoms with Gasteiger partial charge in [0, 0.05) is 24.5 Å². The number of ether oxygens (including phenoxy) is 2. The molecule has 1 aliphatic rings. The van der Waals surface area contributed by atoms with Crippen LogP contribution in [-0.2, 0) is 23.0 Å². The van der Waals surface area contributed by atoms with E-state index in [9.17, 15) is 13.2 Å². The van der Waals surface area contributed by atoms with Crippen LogP contribution in [0.5, 0.6) is 11.5 Å².